The first-order valence-electron chi connectivity index (χ1n) is 9.81. The van der Waals surface area contributed by atoms with Gasteiger partial charge in [0.05, 0.1) is 18.0 Å². The molecule has 0 atom stereocenters. The smallest absolute Gasteiger partial charge is 0.171 e. The third kappa shape index (κ3) is 2.82. The van der Waals surface area contributed by atoms with Gasteiger partial charge in [-0.2, -0.15) is 5.10 Å². The van der Waals surface area contributed by atoms with E-state index in [4.69, 9.17) is 9.84 Å². The molecule has 2 aliphatic rings. The molecule has 7 heteroatoms. The van der Waals surface area contributed by atoms with Crippen LogP contribution >= 0.6 is 0 Å². The van der Waals surface area contributed by atoms with E-state index in [1.807, 2.05) is 29.9 Å². The van der Waals surface area contributed by atoms with Crippen LogP contribution in [0.15, 0.2) is 48.9 Å². The van der Waals surface area contributed by atoms with Gasteiger partial charge in [-0.05, 0) is 37.0 Å². The molecule has 5 rings (SSSR count). The van der Waals surface area contributed by atoms with Crippen LogP contribution in [0.2, 0.25) is 0 Å². The molecule has 0 saturated carbocycles. The third-order valence-electron chi connectivity index (χ3n) is 5.78. The van der Waals surface area contributed by atoms with Crippen LogP contribution in [-0.2, 0) is 16.8 Å². The maximum Gasteiger partial charge on any atom is 0.171 e. The zero-order chi connectivity index (χ0) is 19.0. The van der Waals surface area contributed by atoms with Gasteiger partial charge in [0.25, 0.3) is 0 Å². The summed E-state index contributed by atoms with van der Waals surface area (Å²) in [6, 6.07) is 10.3. The summed E-state index contributed by atoms with van der Waals surface area (Å²) in [7, 11) is 1.88. The summed E-state index contributed by atoms with van der Waals surface area (Å²) in [5.41, 5.74) is 3.20. The molecule has 0 bridgehead atoms. The number of aromatic nitrogens is 4. The van der Waals surface area contributed by atoms with Crippen LogP contribution in [0.3, 0.4) is 0 Å². The van der Waals surface area contributed by atoms with E-state index < -0.39 is 0 Å². The Labute approximate surface area is 164 Å². The fourth-order valence-electron chi connectivity index (χ4n) is 4.31. The Bertz CT molecular complexity index is 962. The SMILES string of the molecule is CNc1nccnc1N1CCC2(CC1)OCCc1cn(-c3ccccc3)nc12. The highest BCUT2D eigenvalue weighted by Crippen LogP contribution is 2.42. The first-order chi connectivity index (χ1) is 13.8. The van der Waals surface area contributed by atoms with Gasteiger partial charge in [-0.1, -0.05) is 18.2 Å². The van der Waals surface area contributed by atoms with Gasteiger partial charge in [0.1, 0.15) is 5.60 Å². The van der Waals surface area contributed by atoms with Crippen molar-refractivity contribution in [1.29, 1.82) is 0 Å². The normalized spacial score (nSPS) is 18.1. The van der Waals surface area contributed by atoms with Gasteiger partial charge < -0.3 is 15.0 Å². The van der Waals surface area contributed by atoms with E-state index in [-0.39, 0.29) is 5.60 Å². The topological polar surface area (TPSA) is 68.1 Å². The fourth-order valence-corrected chi connectivity index (χ4v) is 4.31. The molecule has 1 fully saturated rings. The van der Waals surface area contributed by atoms with Crippen molar-refractivity contribution in [3.63, 3.8) is 0 Å². The summed E-state index contributed by atoms with van der Waals surface area (Å²) >= 11 is 0. The Morgan fingerprint density at radius 1 is 1.07 bits per heavy atom. The molecule has 0 unspecified atom stereocenters. The maximum atomic E-state index is 6.37. The minimum atomic E-state index is -0.299. The number of nitrogens with zero attached hydrogens (tertiary/aromatic N) is 5. The number of para-hydroxylation sites is 1. The highest BCUT2D eigenvalue weighted by Gasteiger charge is 2.43. The van der Waals surface area contributed by atoms with Gasteiger partial charge in [0.2, 0.25) is 0 Å². The molecule has 144 valence electrons. The average Bonchev–Trinajstić information content (AvgIpc) is 3.21. The van der Waals surface area contributed by atoms with Crippen LogP contribution < -0.4 is 10.2 Å². The van der Waals surface area contributed by atoms with Crippen LogP contribution in [0.4, 0.5) is 11.6 Å². The molecule has 3 aromatic rings. The Balaban J connectivity index is 1.42. The van der Waals surface area contributed by atoms with Crippen molar-refractivity contribution in [3.05, 3.63) is 60.2 Å². The molecule has 28 heavy (non-hydrogen) atoms. The summed E-state index contributed by atoms with van der Waals surface area (Å²) in [5, 5.41) is 8.10. The molecule has 4 heterocycles. The fraction of sp³-hybridized carbons (Fsp3) is 0.381. The molecular weight excluding hydrogens is 352 g/mol. The first-order valence-corrected chi connectivity index (χ1v) is 9.81. The number of hydrogen-bond acceptors (Lipinski definition) is 6. The van der Waals surface area contributed by atoms with Gasteiger partial charge in [0, 0.05) is 38.7 Å². The standard InChI is InChI=1S/C21H24N6O/c1-22-19-20(24-11-10-23-19)26-12-8-21(9-13-26)18-16(7-14-28-21)15-27(25-18)17-5-3-2-4-6-17/h2-6,10-11,15H,7-9,12-14H2,1H3,(H,22,23). The third-order valence-corrected chi connectivity index (χ3v) is 5.78. The molecule has 2 aromatic heterocycles. The second-order valence-corrected chi connectivity index (χ2v) is 7.34. The highest BCUT2D eigenvalue weighted by molar-refractivity contribution is 5.60. The van der Waals surface area contributed by atoms with Crippen LogP contribution in [0, 0.1) is 0 Å². The lowest BCUT2D eigenvalue weighted by Crippen LogP contribution is -2.47. The Morgan fingerprint density at radius 2 is 1.86 bits per heavy atom. The van der Waals surface area contributed by atoms with Gasteiger partial charge in [0.15, 0.2) is 11.6 Å². The van der Waals surface area contributed by atoms with Crippen molar-refractivity contribution in [1.82, 2.24) is 19.7 Å². The quantitative estimate of drug-likeness (QED) is 0.758. The Morgan fingerprint density at radius 3 is 2.64 bits per heavy atom. The van der Waals surface area contributed by atoms with E-state index in [1.54, 1.807) is 12.4 Å². The van der Waals surface area contributed by atoms with Crippen LogP contribution in [0.25, 0.3) is 5.69 Å². The van der Waals surface area contributed by atoms with Gasteiger partial charge in [-0.3, -0.25) is 0 Å². The molecule has 2 aliphatic heterocycles. The van der Waals surface area contributed by atoms with Crippen LogP contribution in [0.5, 0.6) is 0 Å². The number of fused-ring (bicyclic) bond motifs is 2. The second kappa shape index (κ2) is 6.91. The molecule has 0 amide bonds. The van der Waals surface area contributed by atoms with E-state index >= 15 is 0 Å². The number of rotatable bonds is 3. The van der Waals surface area contributed by atoms with Crippen molar-refractivity contribution >= 4 is 11.6 Å². The summed E-state index contributed by atoms with van der Waals surface area (Å²) in [6.45, 7) is 2.48. The van der Waals surface area contributed by atoms with Crippen molar-refractivity contribution in [2.24, 2.45) is 0 Å². The summed E-state index contributed by atoms with van der Waals surface area (Å²) in [6.07, 6.45) is 8.34. The van der Waals surface area contributed by atoms with Gasteiger partial charge >= 0.3 is 0 Å². The molecular formula is C21H24N6O. The van der Waals surface area contributed by atoms with Crippen molar-refractivity contribution in [3.8, 4) is 5.69 Å². The monoisotopic (exact) mass is 376 g/mol. The largest absolute Gasteiger partial charge is 0.370 e. The number of nitrogens with one attached hydrogen (secondary N) is 1. The predicted octanol–water partition coefficient (Wildman–Crippen LogP) is 2.77. The molecule has 1 aromatic carbocycles. The maximum absolute atomic E-state index is 6.37. The van der Waals surface area contributed by atoms with Crippen molar-refractivity contribution in [2.75, 3.05) is 37.0 Å². The number of benzene rings is 1. The average molecular weight is 376 g/mol. The van der Waals surface area contributed by atoms with E-state index in [0.29, 0.717) is 0 Å². The van der Waals surface area contributed by atoms with Gasteiger partial charge in [-0.25, -0.2) is 14.6 Å². The van der Waals surface area contributed by atoms with E-state index in [0.717, 1.165) is 62.0 Å². The predicted molar refractivity (Wildman–Crippen MR) is 108 cm³/mol. The van der Waals surface area contributed by atoms with Crippen LogP contribution in [0.1, 0.15) is 24.1 Å². The van der Waals surface area contributed by atoms with E-state index in [2.05, 4.69) is 38.5 Å². The lowest BCUT2D eigenvalue weighted by atomic mass is 9.84. The molecule has 7 nitrogen and oxygen atoms in total. The minimum Gasteiger partial charge on any atom is -0.370 e. The second-order valence-electron chi connectivity index (χ2n) is 7.34. The van der Waals surface area contributed by atoms with E-state index in [9.17, 15) is 0 Å². The summed E-state index contributed by atoms with van der Waals surface area (Å²) in [4.78, 5) is 11.2. The number of anilines is 2. The summed E-state index contributed by atoms with van der Waals surface area (Å²) < 4.78 is 8.36. The number of piperidine rings is 1. The highest BCUT2D eigenvalue weighted by atomic mass is 16.5. The molecule has 1 spiro atoms. The molecule has 1 saturated heterocycles. The van der Waals surface area contributed by atoms with Crippen molar-refractivity contribution in [2.45, 2.75) is 24.9 Å². The molecule has 1 N–H and O–H groups in total. The van der Waals surface area contributed by atoms with Gasteiger partial charge in [-0.15, -0.1) is 0 Å². The number of ether oxygens (including phenoxy) is 1. The zero-order valence-corrected chi connectivity index (χ0v) is 16.0. The zero-order valence-electron chi connectivity index (χ0n) is 16.0. The Kier molecular flexibility index (Phi) is 4.24. The first kappa shape index (κ1) is 17.2. The van der Waals surface area contributed by atoms with E-state index in [1.165, 1.54) is 5.56 Å². The van der Waals surface area contributed by atoms with Crippen molar-refractivity contribution < 1.29 is 4.74 Å². The van der Waals surface area contributed by atoms with Crippen LogP contribution in [-0.4, -0.2) is 46.5 Å². The lowest BCUT2D eigenvalue weighted by Gasteiger charge is -2.43. The number of hydrogen-bond donors (Lipinski definition) is 1. The molecule has 0 aliphatic carbocycles. The summed E-state index contributed by atoms with van der Waals surface area (Å²) in [5.74, 6) is 1.72. The minimum absolute atomic E-state index is 0.299. The Hall–Kier alpha value is -2.93. The lowest BCUT2D eigenvalue weighted by molar-refractivity contribution is -0.0797. The molecule has 0 radical (unpaired) electrons.